The van der Waals surface area contributed by atoms with Crippen molar-refractivity contribution in [3.8, 4) is 11.1 Å². The molecule has 3 heterocycles. The summed E-state index contributed by atoms with van der Waals surface area (Å²) in [4.78, 5) is 27.8. The summed E-state index contributed by atoms with van der Waals surface area (Å²) in [7, 11) is 1.67. The maximum absolute atomic E-state index is 12.5. The van der Waals surface area contributed by atoms with Crippen LogP contribution in [0.2, 0.25) is 0 Å². The monoisotopic (exact) mass is 451 g/mol. The van der Waals surface area contributed by atoms with Crippen molar-refractivity contribution < 1.29 is 9.53 Å². The number of carbonyl (C=O) groups excluding carboxylic acids is 1. The summed E-state index contributed by atoms with van der Waals surface area (Å²) >= 11 is 1.65. The third-order valence-corrected chi connectivity index (χ3v) is 7.16. The molecular weight excluding hydrogens is 422 g/mol. The third-order valence-electron chi connectivity index (χ3n) is 6.28. The van der Waals surface area contributed by atoms with Gasteiger partial charge in [-0.1, -0.05) is 30.3 Å². The first kappa shape index (κ1) is 21.3. The predicted octanol–water partition coefficient (Wildman–Crippen LogP) is 3.29. The summed E-state index contributed by atoms with van der Waals surface area (Å²) in [5.74, 6) is 1.82. The standard InChI is InChI=1S/C24H29N5O2S/c1-16(23(30)25-18-8-9-18)28-10-12-29(13-11-28)22-21-19(17-6-4-3-5-7-17)15-32-24(21)27-20(26-22)14-31-2/h3-7,15-16,18H,8-14H2,1-2H3,(H,25,30). The maximum atomic E-state index is 12.5. The lowest BCUT2D eigenvalue weighted by atomic mass is 10.1. The molecule has 2 aromatic heterocycles. The minimum Gasteiger partial charge on any atom is -0.377 e. The molecule has 2 aliphatic rings. The summed E-state index contributed by atoms with van der Waals surface area (Å²) in [6.45, 7) is 5.71. The van der Waals surface area contributed by atoms with Crippen LogP contribution in [0.25, 0.3) is 21.3 Å². The molecule has 1 aromatic carbocycles. The number of hydrogen-bond donors (Lipinski definition) is 1. The number of thiophene rings is 1. The molecule has 1 saturated carbocycles. The van der Waals surface area contributed by atoms with Gasteiger partial charge >= 0.3 is 0 Å². The molecule has 0 bridgehead atoms. The predicted molar refractivity (Wildman–Crippen MR) is 128 cm³/mol. The van der Waals surface area contributed by atoms with E-state index in [0.717, 1.165) is 55.1 Å². The molecule has 0 spiro atoms. The first-order valence-corrected chi connectivity index (χ1v) is 12.1. The van der Waals surface area contributed by atoms with Gasteiger partial charge in [0.25, 0.3) is 0 Å². The number of nitrogens with zero attached hydrogens (tertiary/aromatic N) is 4. The second kappa shape index (κ2) is 9.13. The molecule has 2 fully saturated rings. The van der Waals surface area contributed by atoms with Crippen molar-refractivity contribution in [3.63, 3.8) is 0 Å². The first-order valence-electron chi connectivity index (χ1n) is 11.3. The molecule has 1 saturated heterocycles. The molecule has 1 aliphatic carbocycles. The quantitative estimate of drug-likeness (QED) is 0.594. The van der Waals surface area contributed by atoms with E-state index in [-0.39, 0.29) is 11.9 Å². The number of carbonyl (C=O) groups is 1. The fraction of sp³-hybridized carbons (Fsp3) is 0.458. The summed E-state index contributed by atoms with van der Waals surface area (Å²) in [6, 6.07) is 10.7. The van der Waals surface area contributed by atoms with Crippen molar-refractivity contribution in [1.29, 1.82) is 0 Å². The molecule has 5 rings (SSSR count). The Labute approximate surface area is 192 Å². The maximum Gasteiger partial charge on any atom is 0.237 e. The fourth-order valence-corrected chi connectivity index (χ4v) is 5.22. The summed E-state index contributed by atoms with van der Waals surface area (Å²) in [5, 5.41) is 6.42. The molecule has 1 amide bonds. The van der Waals surface area contributed by atoms with Crippen LogP contribution in [-0.2, 0) is 16.1 Å². The van der Waals surface area contributed by atoms with Crippen molar-refractivity contribution in [1.82, 2.24) is 20.2 Å². The number of aromatic nitrogens is 2. The number of nitrogens with one attached hydrogen (secondary N) is 1. The minimum absolute atomic E-state index is 0.103. The highest BCUT2D eigenvalue weighted by atomic mass is 32.1. The number of piperazine rings is 1. The molecule has 1 atom stereocenters. The van der Waals surface area contributed by atoms with E-state index in [1.165, 1.54) is 11.1 Å². The van der Waals surface area contributed by atoms with Gasteiger partial charge < -0.3 is 15.0 Å². The lowest BCUT2D eigenvalue weighted by molar-refractivity contribution is -0.126. The molecule has 8 heteroatoms. The van der Waals surface area contributed by atoms with Gasteiger partial charge in [-0.05, 0) is 25.3 Å². The molecular formula is C24H29N5O2S. The SMILES string of the molecule is COCc1nc(N2CCN(C(C)C(=O)NC3CC3)CC2)c2c(-c3ccccc3)csc2n1. The van der Waals surface area contributed by atoms with E-state index in [2.05, 4.69) is 44.8 Å². The van der Waals surface area contributed by atoms with Gasteiger partial charge in [-0.2, -0.15) is 0 Å². The van der Waals surface area contributed by atoms with Gasteiger partial charge in [-0.3, -0.25) is 9.69 Å². The van der Waals surface area contributed by atoms with Gasteiger partial charge in [0, 0.05) is 50.3 Å². The van der Waals surface area contributed by atoms with Crippen LogP contribution < -0.4 is 10.2 Å². The highest BCUT2D eigenvalue weighted by molar-refractivity contribution is 7.17. The molecule has 1 N–H and O–H groups in total. The number of anilines is 1. The molecule has 3 aromatic rings. The number of ether oxygens (including phenoxy) is 1. The second-order valence-electron chi connectivity index (χ2n) is 8.57. The number of amides is 1. The Kier molecular flexibility index (Phi) is 6.08. The molecule has 1 aliphatic heterocycles. The van der Waals surface area contributed by atoms with Gasteiger partial charge in [0.2, 0.25) is 5.91 Å². The Morgan fingerprint density at radius 3 is 2.62 bits per heavy atom. The van der Waals surface area contributed by atoms with Crippen LogP contribution in [0.4, 0.5) is 5.82 Å². The summed E-state index contributed by atoms with van der Waals surface area (Å²) in [6.07, 6.45) is 2.23. The zero-order valence-corrected chi connectivity index (χ0v) is 19.4. The molecule has 168 valence electrons. The van der Waals surface area contributed by atoms with E-state index >= 15 is 0 Å². The zero-order valence-electron chi connectivity index (χ0n) is 18.6. The van der Waals surface area contributed by atoms with Crippen molar-refractivity contribution in [3.05, 3.63) is 41.5 Å². The highest BCUT2D eigenvalue weighted by Gasteiger charge is 2.31. The van der Waals surface area contributed by atoms with Gasteiger partial charge in [-0.25, -0.2) is 9.97 Å². The van der Waals surface area contributed by atoms with Gasteiger partial charge in [-0.15, -0.1) is 11.3 Å². The smallest absolute Gasteiger partial charge is 0.237 e. The van der Waals surface area contributed by atoms with E-state index in [1.54, 1.807) is 18.4 Å². The average Bonchev–Trinajstić information content (AvgIpc) is 3.54. The topological polar surface area (TPSA) is 70.6 Å². The third kappa shape index (κ3) is 4.35. The van der Waals surface area contributed by atoms with Crippen molar-refractivity contribution in [2.75, 3.05) is 38.2 Å². The van der Waals surface area contributed by atoms with Gasteiger partial charge in [0.1, 0.15) is 17.3 Å². The number of methoxy groups -OCH3 is 1. The largest absolute Gasteiger partial charge is 0.377 e. The number of fused-ring (bicyclic) bond motifs is 1. The minimum atomic E-state index is -0.103. The molecule has 1 unspecified atom stereocenters. The molecule has 0 radical (unpaired) electrons. The summed E-state index contributed by atoms with van der Waals surface area (Å²) < 4.78 is 5.33. The molecule has 32 heavy (non-hydrogen) atoms. The lowest BCUT2D eigenvalue weighted by Gasteiger charge is -2.38. The first-order chi connectivity index (χ1) is 15.6. The van der Waals surface area contributed by atoms with Crippen LogP contribution in [0.1, 0.15) is 25.6 Å². The van der Waals surface area contributed by atoms with Crippen molar-refractivity contribution >= 4 is 33.3 Å². The average molecular weight is 452 g/mol. The Morgan fingerprint density at radius 1 is 1.19 bits per heavy atom. The van der Waals surface area contributed by atoms with Gasteiger partial charge in [0.05, 0.1) is 11.4 Å². The molecule has 7 nitrogen and oxygen atoms in total. The van der Waals surface area contributed by atoms with Crippen molar-refractivity contribution in [2.45, 2.75) is 38.5 Å². The highest BCUT2D eigenvalue weighted by Crippen LogP contribution is 2.38. The number of hydrogen-bond acceptors (Lipinski definition) is 7. The number of benzene rings is 1. The van der Waals surface area contributed by atoms with Gasteiger partial charge in [0.15, 0.2) is 5.82 Å². The lowest BCUT2D eigenvalue weighted by Crippen LogP contribution is -2.54. The van der Waals surface area contributed by atoms with E-state index < -0.39 is 0 Å². The van der Waals surface area contributed by atoms with Crippen molar-refractivity contribution in [2.24, 2.45) is 0 Å². The second-order valence-corrected chi connectivity index (χ2v) is 9.43. The van der Waals surface area contributed by atoms with E-state index in [9.17, 15) is 4.79 Å². The van der Waals surface area contributed by atoms with E-state index in [0.29, 0.717) is 18.5 Å². The summed E-state index contributed by atoms with van der Waals surface area (Å²) in [5.41, 5.74) is 2.34. The zero-order chi connectivity index (χ0) is 22.1. The van der Waals surface area contributed by atoms with Crippen LogP contribution in [0.3, 0.4) is 0 Å². The fourth-order valence-electron chi connectivity index (χ4n) is 4.26. The van der Waals surface area contributed by atoms with E-state index in [4.69, 9.17) is 14.7 Å². The normalized spacial score (nSPS) is 18.1. The Bertz CT molecular complexity index is 1090. The van der Waals surface area contributed by atoms with E-state index in [1.807, 2.05) is 13.0 Å². The van der Waals surface area contributed by atoms with Crippen LogP contribution in [-0.4, -0.2) is 66.1 Å². The van der Waals surface area contributed by atoms with Crippen LogP contribution in [0.5, 0.6) is 0 Å². The Balaban J connectivity index is 1.41. The van der Waals surface area contributed by atoms with Crippen LogP contribution in [0.15, 0.2) is 35.7 Å². The Hall–Kier alpha value is -2.55. The Morgan fingerprint density at radius 2 is 1.94 bits per heavy atom. The van der Waals surface area contributed by atoms with Crippen LogP contribution in [0, 0.1) is 0 Å². The van der Waals surface area contributed by atoms with Crippen LogP contribution >= 0.6 is 11.3 Å². The number of rotatable bonds is 7.